The van der Waals surface area contributed by atoms with E-state index < -0.39 is 0 Å². The van der Waals surface area contributed by atoms with E-state index in [4.69, 9.17) is 9.47 Å². The van der Waals surface area contributed by atoms with E-state index in [1.54, 1.807) is 0 Å². The van der Waals surface area contributed by atoms with E-state index in [0.717, 1.165) is 35.3 Å². The number of rotatable bonds is 10. The molecule has 0 saturated carbocycles. The molecule has 0 spiro atoms. The van der Waals surface area contributed by atoms with Gasteiger partial charge in [-0.05, 0) is 49.4 Å². The van der Waals surface area contributed by atoms with Crippen molar-refractivity contribution in [3.8, 4) is 5.75 Å². The zero-order valence-electron chi connectivity index (χ0n) is 21.7. The second kappa shape index (κ2) is 12.9. The number of hydrogen-bond donors (Lipinski definition) is 1. The first kappa shape index (κ1) is 26.3. The van der Waals surface area contributed by atoms with Crippen molar-refractivity contribution in [1.29, 1.82) is 0 Å². The van der Waals surface area contributed by atoms with Gasteiger partial charge in [-0.25, -0.2) is 0 Å². The van der Waals surface area contributed by atoms with Gasteiger partial charge in [0.15, 0.2) is 0 Å². The molecule has 1 saturated heterocycles. The summed E-state index contributed by atoms with van der Waals surface area (Å²) >= 11 is 0. The van der Waals surface area contributed by atoms with Crippen LogP contribution in [0.25, 0.3) is 0 Å². The number of benzene rings is 3. The van der Waals surface area contributed by atoms with Crippen molar-refractivity contribution in [3.63, 3.8) is 0 Å². The van der Waals surface area contributed by atoms with Crippen LogP contribution in [0.3, 0.4) is 0 Å². The molecule has 3 aromatic rings. The van der Waals surface area contributed by atoms with E-state index in [1.807, 2.05) is 49.4 Å². The average molecular weight is 501 g/mol. The third kappa shape index (κ3) is 6.91. The average Bonchev–Trinajstić information content (AvgIpc) is 2.94. The Morgan fingerprint density at radius 1 is 0.919 bits per heavy atom. The van der Waals surface area contributed by atoms with E-state index in [-0.39, 0.29) is 30.8 Å². The third-order valence-corrected chi connectivity index (χ3v) is 6.74. The summed E-state index contributed by atoms with van der Waals surface area (Å²) < 4.78 is 10.6. The quantitative estimate of drug-likeness (QED) is 0.386. The minimum Gasteiger partial charge on any atom is -0.494 e. The SMILES string of the molecule is CCOc1cc(CC(=O)NC(c2ccccc2)c2ccccc2N2CCCCC2)ccc1CC(=O)OC. The number of hydrogen-bond acceptors (Lipinski definition) is 5. The number of anilines is 1. The molecular weight excluding hydrogens is 464 g/mol. The molecule has 6 nitrogen and oxygen atoms in total. The highest BCUT2D eigenvalue weighted by atomic mass is 16.5. The van der Waals surface area contributed by atoms with Crippen LogP contribution in [0.2, 0.25) is 0 Å². The van der Waals surface area contributed by atoms with Crippen molar-refractivity contribution in [1.82, 2.24) is 5.32 Å². The Morgan fingerprint density at radius 3 is 2.38 bits per heavy atom. The smallest absolute Gasteiger partial charge is 0.310 e. The van der Waals surface area contributed by atoms with Crippen LogP contribution in [0.15, 0.2) is 72.8 Å². The highest BCUT2D eigenvalue weighted by Crippen LogP contribution is 2.32. The van der Waals surface area contributed by atoms with Crippen LogP contribution in [-0.4, -0.2) is 38.7 Å². The highest BCUT2D eigenvalue weighted by Gasteiger charge is 2.23. The van der Waals surface area contributed by atoms with Gasteiger partial charge in [0.25, 0.3) is 0 Å². The van der Waals surface area contributed by atoms with Crippen LogP contribution in [0.4, 0.5) is 5.69 Å². The Morgan fingerprint density at radius 2 is 1.65 bits per heavy atom. The van der Waals surface area contributed by atoms with E-state index in [2.05, 4.69) is 40.5 Å². The van der Waals surface area contributed by atoms with Crippen LogP contribution in [0, 0.1) is 0 Å². The number of piperidine rings is 1. The van der Waals surface area contributed by atoms with Crippen molar-refractivity contribution in [2.75, 3.05) is 31.7 Å². The normalized spacial score (nSPS) is 14.1. The van der Waals surface area contributed by atoms with Gasteiger partial charge in [0.05, 0.1) is 32.6 Å². The molecule has 1 amide bonds. The zero-order chi connectivity index (χ0) is 26.0. The number of para-hydroxylation sites is 1. The first-order valence-corrected chi connectivity index (χ1v) is 13.1. The fourth-order valence-electron chi connectivity index (χ4n) is 4.91. The molecule has 1 heterocycles. The molecule has 194 valence electrons. The van der Waals surface area contributed by atoms with E-state index in [1.165, 1.54) is 32.1 Å². The van der Waals surface area contributed by atoms with Gasteiger partial charge in [0, 0.05) is 29.9 Å². The van der Waals surface area contributed by atoms with Crippen LogP contribution in [-0.2, 0) is 27.2 Å². The summed E-state index contributed by atoms with van der Waals surface area (Å²) in [6.07, 6.45) is 3.96. The minimum atomic E-state index is -0.329. The fraction of sp³-hybridized carbons (Fsp3) is 0.355. The maximum absolute atomic E-state index is 13.4. The van der Waals surface area contributed by atoms with Crippen molar-refractivity contribution >= 4 is 17.6 Å². The molecule has 1 N–H and O–H groups in total. The molecule has 37 heavy (non-hydrogen) atoms. The molecule has 0 aromatic heterocycles. The number of nitrogens with one attached hydrogen (secondary N) is 1. The number of methoxy groups -OCH3 is 1. The van der Waals surface area contributed by atoms with E-state index in [0.29, 0.717) is 12.4 Å². The lowest BCUT2D eigenvalue weighted by Crippen LogP contribution is -2.34. The first-order valence-electron chi connectivity index (χ1n) is 13.1. The van der Waals surface area contributed by atoms with E-state index >= 15 is 0 Å². The minimum absolute atomic E-state index is 0.0783. The lowest BCUT2D eigenvalue weighted by Gasteiger charge is -2.33. The molecular formula is C31H36N2O4. The fourth-order valence-corrected chi connectivity index (χ4v) is 4.91. The summed E-state index contributed by atoms with van der Waals surface area (Å²) in [6, 6.07) is 23.8. The van der Waals surface area contributed by atoms with Gasteiger partial charge in [0.1, 0.15) is 5.75 Å². The van der Waals surface area contributed by atoms with Crippen molar-refractivity contribution in [3.05, 3.63) is 95.1 Å². The number of ether oxygens (including phenoxy) is 2. The van der Waals surface area contributed by atoms with Gasteiger partial charge in [0.2, 0.25) is 5.91 Å². The Labute approximate surface area is 219 Å². The molecule has 0 bridgehead atoms. The zero-order valence-corrected chi connectivity index (χ0v) is 21.7. The predicted octanol–water partition coefficient (Wildman–Crippen LogP) is 5.24. The summed E-state index contributed by atoms with van der Waals surface area (Å²) in [5.74, 6) is 0.197. The summed E-state index contributed by atoms with van der Waals surface area (Å²) in [6.45, 7) is 4.42. The molecule has 1 atom stereocenters. The Bertz CT molecular complexity index is 1190. The molecule has 1 aliphatic heterocycles. The van der Waals surface area contributed by atoms with Crippen molar-refractivity contribution in [2.24, 2.45) is 0 Å². The van der Waals surface area contributed by atoms with Gasteiger partial charge in [-0.1, -0.05) is 60.7 Å². The van der Waals surface area contributed by atoms with Gasteiger partial charge < -0.3 is 19.7 Å². The van der Waals surface area contributed by atoms with Crippen LogP contribution < -0.4 is 15.0 Å². The second-order valence-electron chi connectivity index (χ2n) is 9.32. The second-order valence-corrected chi connectivity index (χ2v) is 9.32. The number of nitrogens with zero attached hydrogens (tertiary/aromatic N) is 1. The largest absolute Gasteiger partial charge is 0.494 e. The van der Waals surface area contributed by atoms with Gasteiger partial charge in [-0.3, -0.25) is 9.59 Å². The third-order valence-electron chi connectivity index (χ3n) is 6.74. The van der Waals surface area contributed by atoms with E-state index in [9.17, 15) is 9.59 Å². The predicted molar refractivity (Wildman–Crippen MR) is 146 cm³/mol. The number of carbonyl (C=O) groups is 2. The molecule has 6 heteroatoms. The lowest BCUT2D eigenvalue weighted by molar-refractivity contribution is -0.139. The number of amides is 1. The topological polar surface area (TPSA) is 67.9 Å². The molecule has 0 radical (unpaired) electrons. The van der Waals surface area contributed by atoms with Crippen molar-refractivity contribution < 1.29 is 19.1 Å². The molecule has 1 fully saturated rings. The van der Waals surface area contributed by atoms with Crippen LogP contribution in [0.1, 0.15) is 54.5 Å². The van der Waals surface area contributed by atoms with Gasteiger partial charge in [-0.15, -0.1) is 0 Å². The molecule has 3 aromatic carbocycles. The Hall–Kier alpha value is -3.80. The standard InChI is InChI=1S/C31H36N2O4/c1-3-37-28-20-23(16-17-25(28)22-30(35)36-2)21-29(34)32-31(24-12-6-4-7-13-24)26-14-8-9-15-27(26)33-18-10-5-11-19-33/h4,6-9,12-17,20,31H,3,5,10-11,18-19,21-22H2,1-2H3,(H,32,34). The number of carbonyl (C=O) groups excluding carboxylic acids is 2. The van der Waals surface area contributed by atoms with Gasteiger partial charge >= 0.3 is 5.97 Å². The Balaban J connectivity index is 1.58. The lowest BCUT2D eigenvalue weighted by atomic mass is 9.95. The van der Waals surface area contributed by atoms with Crippen LogP contribution >= 0.6 is 0 Å². The molecule has 1 unspecified atom stereocenters. The maximum Gasteiger partial charge on any atom is 0.310 e. The summed E-state index contributed by atoms with van der Waals surface area (Å²) in [4.78, 5) is 27.6. The monoisotopic (exact) mass is 500 g/mol. The Kier molecular flexibility index (Phi) is 9.19. The van der Waals surface area contributed by atoms with Crippen LogP contribution in [0.5, 0.6) is 5.75 Å². The maximum atomic E-state index is 13.4. The summed E-state index contributed by atoms with van der Waals surface area (Å²) in [7, 11) is 1.37. The molecule has 1 aliphatic rings. The summed E-state index contributed by atoms with van der Waals surface area (Å²) in [5.41, 5.74) is 4.90. The highest BCUT2D eigenvalue weighted by molar-refractivity contribution is 5.80. The number of esters is 1. The van der Waals surface area contributed by atoms with Crippen molar-refractivity contribution in [2.45, 2.75) is 45.1 Å². The first-order chi connectivity index (χ1) is 18.1. The molecule has 4 rings (SSSR count). The summed E-state index contributed by atoms with van der Waals surface area (Å²) in [5, 5.41) is 3.30. The molecule has 0 aliphatic carbocycles. The van der Waals surface area contributed by atoms with Gasteiger partial charge in [-0.2, -0.15) is 0 Å².